The van der Waals surface area contributed by atoms with E-state index in [9.17, 15) is 9.59 Å². The van der Waals surface area contributed by atoms with Gasteiger partial charge in [-0.15, -0.1) is 0 Å². The molecule has 0 saturated carbocycles. The first-order chi connectivity index (χ1) is 18.1. The molecule has 2 atom stereocenters. The lowest BCUT2D eigenvalue weighted by atomic mass is 9.92. The Morgan fingerprint density at radius 1 is 1.11 bits per heavy atom. The van der Waals surface area contributed by atoms with Crippen LogP contribution in [0.1, 0.15) is 18.9 Å². The maximum atomic E-state index is 12.7. The van der Waals surface area contributed by atoms with E-state index in [1.807, 2.05) is 48.5 Å². The Kier molecular flexibility index (Phi) is 9.09. The number of nitrogens with one attached hydrogen (secondary N) is 1. The molecular formula is C27H32N4O6. The highest BCUT2D eigenvalue weighted by Gasteiger charge is 2.36. The van der Waals surface area contributed by atoms with Crippen molar-refractivity contribution >= 4 is 23.1 Å². The molecule has 0 radical (unpaired) electrons. The van der Waals surface area contributed by atoms with E-state index in [1.165, 1.54) is 0 Å². The molecule has 10 heteroatoms. The second-order valence-corrected chi connectivity index (χ2v) is 8.67. The maximum Gasteiger partial charge on any atom is 0.407 e. The third kappa shape index (κ3) is 7.29. The summed E-state index contributed by atoms with van der Waals surface area (Å²) in [4.78, 5) is 36.1. The van der Waals surface area contributed by atoms with Gasteiger partial charge in [0.15, 0.2) is 0 Å². The van der Waals surface area contributed by atoms with E-state index >= 15 is 0 Å². The molecule has 37 heavy (non-hydrogen) atoms. The first-order valence-electron chi connectivity index (χ1n) is 12.4. The minimum absolute atomic E-state index is 0.164. The number of methoxy groups -OCH3 is 1. The summed E-state index contributed by atoms with van der Waals surface area (Å²) in [5.74, 6) is 0.270. The average Bonchev–Trinajstić information content (AvgIpc) is 2.93. The molecule has 1 aromatic heterocycles. The van der Waals surface area contributed by atoms with Crippen molar-refractivity contribution in [3.8, 4) is 11.6 Å². The number of carbonyl (C=O) groups is 2. The lowest BCUT2D eigenvalue weighted by Crippen LogP contribution is -2.54. The van der Waals surface area contributed by atoms with Crippen LogP contribution in [-0.4, -0.2) is 72.9 Å². The van der Waals surface area contributed by atoms with Crippen LogP contribution < -0.4 is 14.8 Å². The molecule has 196 valence electrons. The van der Waals surface area contributed by atoms with E-state index in [0.717, 1.165) is 11.1 Å². The van der Waals surface area contributed by atoms with Crippen molar-refractivity contribution in [3.05, 3.63) is 60.3 Å². The fraction of sp³-hybridized carbons (Fsp3) is 0.407. The van der Waals surface area contributed by atoms with Gasteiger partial charge in [0.25, 0.3) is 0 Å². The number of alkyl carbamates (subject to hydrolysis) is 1. The summed E-state index contributed by atoms with van der Waals surface area (Å²) >= 11 is 0. The highest BCUT2D eigenvalue weighted by atomic mass is 16.5. The number of hydrogen-bond acceptors (Lipinski definition) is 9. The van der Waals surface area contributed by atoms with Crippen LogP contribution in [0.2, 0.25) is 0 Å². The molecule has 1 aliphatic rings. The predicted molar refractivity (Wildman–Crippen MR) is 136 cm³/mol. The number of hydrogen-bond donors (Lipinski definition) is 1. The van der Waals surface area contributed by atoms with Gasteiger partial charge in [-0.1, -0.05) is 30.3 Å². The molecule has 1 aliphatic heterocycles. The van der Waals surface area contributed by atoms with E-state index in [4.69, 9.17) is 18.9 Å². The van der Waals surface area contributed by atoms with Gasteiger partial charge in [-0.2, -0.15) is 0 Å². The van der Waals surface area contributed by atoms with Gasteiger partial charge >= 0.3 is 12.1 Å². The van der Waals surface area contributed by atoms with Gasteiger partial charge in [-0.3, -0.25) is 9.69 Å². The van der Waals surface area contributed by atoms with Crippen molar-refractivity contribution < 1.29 is 28.5 Å². The summed E-state index contributed by atoms with van der Waals surface area (Å²) in [5, 5.41) is 2.86. The molecule has 2 aromatic carbocycles. The summed E-state index contributed by atoms with van der Waals surface area (Å²) < 4.78 is 21.7. The summed E-state index contributed by atoms with van der Waals surface area (Å²) in [7, 11) is 1.60. The minimum atomic E-state index is -0.550. The van der Waals surface area contributed by atoms with Crippen LogP contribution >= 0.6 is 0 Å². The second kappa shape index (κ2) is 12.9. The summed E-state index contributed by atoms with van der Waals surface area (Å²) in [6.07, 6.45) is 1.62. The minimum Gasteiger partial charge on any atom is -0.497 e. The van der Waals surface area contributed by atoms with Crippen LogP contribution in [0.3, 0.4) is 0 Å². The summed E-state index contributed by atoms with van der Waals surface area (Å²) in [5.41, 5.74) is 2.33. The fourth-order valence-electron chi connectivity index (χ4n) is 4.25. The number of esters is 1. The topological polar surface area (TPSA) is 112 Å². The molecule has 1 N–H and O–H groups in total. The summed E-state index contributed by atoms with van der Waals surface area (Å²) in [6.45, 7) is 4.28. The zero-order valence-corrected chi connectivity index (χ0v) is 21.1. The van der Waals surface area contributed by atoms with Gasteiger partial charge in [0.2, 0.25) is 5.88 Å². The van der Waals surface area contributed by atoms with Crippen molar-refractivity contribution in [2.24, 2.45) is 5.92 Å². The van der Waals surface area contributed by atoms with Gasteiger partial charge in [0, 0.05) is 31.7 Å². The smallest absolute Gasteiger partial charge is 0.407 e. The number of fused-ring (bicyclic) bond motifs is 1. The Morgan fingerprint density at radius 3 is 2.73 bits per heavy atom. The Morgan fingerprint density at radius 2 is 1.95 bits per heavy atom. The molecule has 10 nitrogen and oxygen atoms in total. The number of rotatable bonds is 10. The Balaban J connectivity index is 1.29. The van der Waals surface area contributed by atoms with Gasteiger partial charge in [-0.05, 0) is 31.0 Å². The van der Waals surface area contributed by atoms with Crippen LogP contribution in [0, 0.1) is 5.92 Å². The van der Waals surface area contributed by atoms with Crippen molar-refractivity contribution in [1.82, 2.24) is 20.2 Å². The average molecular weight is 509 g/mol. The number of carbonyl (C=O) groups excluding carboxylic acids is 2. The zero-order valence-electron chi connectivity index (χ0n) is 21.1. The van der Waals surface area contributed by atoms with Gasteiger partial charge < -0.3 is 24.3 Å². The van der Waals surface area contributed by atoms with Gasteiger partial charge in [0.1, 0.15) is 19.0 Å². The standard InChI is InChI=1S/C27H32N4O6/c1-3-35-26(32)21-17-31(12-11-22(21)30-27(33)37-18-19-7-5-4-6-8-19)13-14-36-25-16-28-23-10-9-20(34-2)15-24(23)29-25/h4-10,15-16,21-22H,3,11-14,17-18H2,1-2H3,(H,30,33)/t21?,22-/m0/s1. The van der Waals surface area contributed by atoms with Crippen molar-refractivity contribution in [2.75, 3.05) is 40.0 Å². The highest BCUT2D eigenvalue weighted by Crippen LogP contribution is 2.21. The third-order valence-corrected chi connectivity index (χ3v) is 6.19. The van der Waals surface area contributed by atoms with E-state index in [1.54, 1.807) is 20.2 Å². The van der Waals surface area contributed by atoms with Crippen molar-refractivity contribution in [2.45, 2.75) is 26.0 Å². The molecule has 3 aromatic rings. The molecule has 4 rings (SSSR count). The van der Waals surface area contributed by atoms with Gasteiger partial charge in [0.05, 0.1) is 36.9 Å². The van der Waals surface area contributed by atoms with E-state index in [0.29, 0.717) is 49.8 Å². The van der Waals surface area contributed by atoms with E-state index < -0.39 is 12.0 Å². The molecule has 0 bridgehead atoms. The van der Waals surface area contributed by atoms with Crippen LogP contribution in [0.4, 0.5) is 4.79 Å². The Bertz CT molecular complexity index is 1190. The Hall–Kier alpha value is -3.92. The number of likely N-dealkylation sites (tertiary alicyclic amines) is 1. The number of nitrogens with zero attached hydrogens (tertiary/aromatic N) is 3. The number of amides is 1. The van der Waals surface area contributed by atoms with Crippen LogP contribution in [0.15, 0.2) is 54.7 Å². The SMILES string of the molecule is CCOC(=O)C1CN(CCOc2cnc3ccc(OC)cc3n2)CC[C@@H]1NC(=O)OCc1ccccc1. The van der Waals surface area contributed by atoms with Gasteiger partial charge in [-0.25, -0.2) is 14.8 Å². The first kappa shape index (κ1) is 26.2. The van der Waals surface area contributed by atoms with E-state index in [2.05, 4.69) is 20.2 Å². The number of benzene rings is 2. The van der Waals surface area contributed by atoms with Crippen molar-refractivity contribution in [1.29, 1.82) is 0 Å². The maximum absolute atomic E-state index is 12.7. The molecule has 0 aliphatic carbocycles. The Labute approximate surface area is 215 Å². The summed E-state index contributed by atoms with van der Waals surface area (Å²) in [6, 6.07) is 14.6. The molecule has 0 spiro atoms. The largest absolute Gasteiger partial charge is 0.497 e. The fourth-order valence-corrected chi connectivity index (χ4v) is 4.25. The highest BCUT2D eigenvalue weighted by molar-refractivity contribution is 5.76. The van der Waals surface area contributed by atoms with E-state index in [-0.39, 0.29) is 25.2 Å². The normalized spacial score (nSPS) is 17.7. The van der Waals surface area contributed by atoms with Crippen LogP contribution in [0.25, 0.3) is 11.0 Å². The molecule has 1 fully saturated rings. The third-order valence-electron chi connectivity index (χ3n) is 6.19. The zero-order chi connectivity index (χ0) is 26.0. The number of aromatic nitrogens is 2. The van der Waals surface area contributed by atoms with Crippen LogP contribution in [0.5, 0.6) is 11.6 Å². The molecule has 1 unspecified atom stereocenters. The lowest BCUT2D eigenvalue weighted by Gasteiger charge is -2.37. The molecule has 1 amide bonds. The number of ether oxygens (including phenoxy) is 4. The second-order valence-electron chi connectivity index (χ2n) is 8.67. The lowest BCUT2D eigenvalue weighted by molar-refractivity contribution is -0.151. The monoisotopic (exact) mass is 508 g/mol. The molecule has 2 heterocycles. The quantitative estimate of drug-likeness (QED) is 0.413. The predicted octanol–water partition coefficient (Wildman–Crippen LogP) is 3.20. The molecule has 1 saturated heterocycles. The molecular weight excluding hydrogens is 476 g/mol. The first-order valence-corrected chi connectivity index (χ1v) is 12.4. The van der Waals surface area contributed by atoms with Crippen LogP contribution in [-0.2, 0) is 20.9 Å². The van der Waals surface area contributed by atoms with Crippen molar-refractivity contribution in [3.63, 3.8) is 0 Å². The number of piperidine rings is 1.